The van der Waals surface area contributed by atoms with Crippen LogP contribution in [-0.4, -0.2) is 21.1 Å². The molecule has 0 aliphatic rings. The average Bonchev–Trinajstić information content (AvgIpc) is 3.20. The molecule has 138 valence electrons. The Labute approximate surface area is 165 Å². The minimum absolute atomic E-state index is 0.206. The molecule has 27 heavy (non-hydrogen) atoms. The van der Waals surface area contributed by atoms with Crippen LogP contribution in [-0.2, 0) is 6.54 Å². The van der Waals surface area contributed by atoms with Crippen molar-refractivity contribution in [3.05, 3.63) is 64.1 Å². The Morgan fingerprint density at radius 1 is 1.15 bits per heavy atom. The van der Waals surface area contributed by atoms with Crippen LogP contribution in [0.5, 0.6) is 0 Å². The van der Waals surface area contributed by atoms with Gasteiger partial charge in [0.15, 0.2) is 0 Å². The minimum Gasteiger partial charge on any atom is -0.368 e. The fourth-order valence-corrected chi connectivity index (χ4v) is 4.30. The number of hydrogen-bond donors (Lipinski definition) is 1. The Morgan fingerprint density at radius 3 is 2.78 bits per heavy atom. The Balaban J connectivity index is 1.51. The SMILES string of the molecule is Cc1cc(F)cc2c1cc(C)n2CCNc1cc(-c2cc(Cl)cs2)ncn1. The number of aryl methyl sites for hydroxylation is 2. The smallest absolute Gasteiger partial charge is 0.130 e. The standard InChI is InChI=1S/C20H18ClFN4S/c1-12-5-15(22)8-18-16(12)6-13(2)26(18)4-3-23-20-9-17(24-11-25-20)19-7-14(21)10-27-19/h5-11H,3-4H2,1-2H3,(H,23,24,25). The molecule has 4 nitrogen and oxygen atoms in total. The Morgan fingerprint density at radius 2 is 2.00 bits per heavy atom. The lowest BCUT2D eigenvalue weighted by Gasteiger charge is -2.11. The van der Waals surface area contributed by atoms with E-state index in [1.54, 1.807) is 29.8 Å². The quantitative estimate of drug-likeness (QED) is 0.468. The first kappa shape index (κ1) is 17.9. The number of hydrogen-bond acceptors (Lipinski definition) is 4. The summed E-state index contributed by atoms with van der Waals surface area (Å²) in [6.07, 6.45) is 1.54. The van der Waals surface area contributed by atoms with Gasteiger partial charge in [0.2, 0.25) is 0 Å². The van der Waals surface area contributed by atoms with E-state index in [4.69, 9.17) is 11.6 Å². The van der Waals surface area contributed by atoms with Crippen molar-refractivity contribution in [2.24, 2.45) is 0 Å². The third-order valence-electron chi connectivity index (χ3n) is 4.53. The third kappa shape index (κ3) is 3.68. The number of aromatic nitrogens is 3. The van der Waals surface area contributed by atoms with Crippen molar-refractivity contribution in [1.82, 2.24) is 14.5 Å². The van der Waals surface area contributed by atoms with Crippen LogP contribution in [0.25, 0.3) is 21.5 Å². The molecule has 0 amide bonds. The molecule has 0 bridgehead atoms. The molecule has 0 fully saturated rings. The van der Waals surface area contributed by atoms with E-state index < -0.39 is 0 Å². The van der Waals surface area contributed by atoms with E-state index in [9.17, 15) is 4.39 Å². The van der Waals surface area contributed by atoms with Crippen LogP contribution in [0.2, 0.25) is 5.02 Å². The van der Waals surface area contributed by atoms with Crippen molar-refractivity contribution < 1.29 is 4.39 Å². The number of nitrogens with zero attached hydrogens (tertiary/aromatic N) is 3. The first-order valence-electron chi connectivity index (χ1n) is 8.57. The summed E-state index contributed by atoms with van der Waals surface area (Å²) in [6, 6.07) is 9.08. The lowest BCUT2D eigenvalue weighted by Crippen LogP contribution is -2.12. The molecule has 0 spiro atoms. The molecule has 0 aliphatic heterocycles. The molecule has 0 radical (unpaired) electrons. The second kappa shape index (κ2) is 7.29. The molecule has 0 saturated heterocycles. The summed E-state index contributed by atoms with van der Waals surface area (Å²) in [7, 11) is 0. The first-order chi connectivity index (χ1) is 13.0. The van der Waals surface area contributed by atoms with Crippen LogP contribution in [0.15, 0.2) is 42.0 Å². The molecule has 4 rings (SSSR count). The maximum atomic E-state index is 13.8. The third-order valence-corrected chi connectivity index (χ3v) is 5.83. The number of fused-ring (bicyclic) bond motifs is 1. The second-order valence-electron chi connectivity index (χ2n) is 6.44. The number of nitrogens with one attached hydrogen (secondary N) is 1. The van der Waals surface area contributed by atoms with Crippen molar-refractivity contribution in [2.45, 2.75) is 20.4 Å². The highest BCUT2D eigenvalue weighted by Gasteiger charge is 2.10. The van der Waals surface area contributed by atoms with Gasteiger partial charge in [0.25, 0.3) is 0 Å². The lowest BCUT2D eigenvalue weighted by atomic mass is 10.1. The molecule has 0 unspecified atom stereocenters. The summed E-state index contributed by atoms with van der Waals surface area (Å²) in [5.74, 6) is 0.545. The van der Waals surface area contributed by atoms with Gasteiger partial charge in [0, 0.05) is 35.6 Å². The second-order valence-corrected chi connectivity index (χ2v) is 7.78. The summed E-state index contributed by atoms with van der Waals surface area (Å²) < 4.78 is 16.0. The van der Waals surface area contributed by atoms with Crippen LogP contribution in [0.1, 0.15) is 11.3 Å². The molecule has 1 N–H and O–H groups in total. The highest BCUT2D eigenvalue weighted by atomic mass is 35.5. The number of halogens is 2. The van der Waals surface area contributed by atoms with Gasteiger partial charge in [-0.3, -0.25) is 0 Å². The highest BCUT2D eigenvalue weighted by Crippen LogP contribution is 2.29. The fourth-order valence-electron chi connectivity index (χ4n) is 3.25. The van der Waals surface area contributed by atoms with Crippen LogP contribution < -0.4 is 5.32 Å². The van der Waals surface area contributed by atoms with Crippen LogP contribution in [0.3, 0.4) is 0 Å². The van der Waals surface area contributed by atoms with Gasteiger partial charge < -0.3 is 9.88 Å². The molecular formula is C20H18ClFN4S. The van der Waals surface area contributed by atoms with Gasteiger partial charge in [0.05, 0.1) is 21.1 Å². The Hall–Kier alpha value is -2.44. The molecule has 4 aromatic rings. The number of benzene rings is 1. The van der Waals surface area contributed by atoms with Gasteiger partial charge in [-0.05, 0) is 43.7 Å². The zero-order chi connectivity index (χ0) is 19.0. The zero-order valence-electron chi connectivity index (χ0n) is 15.0. The van der Waals surface area contributed by atoms with E-state index in [0.717, 1.165) is 38.5 Å². The van der Waals surface area contributed by atoms with E-state index in [1.807, 2.05) is 31.4 Å². The van der Waals surface area contributed by atoms with Crippen molar-refractivity contribution in [3.63, 3.8) is 0 Å². The zero-order valence-corrected chi connectivity index (χ0v) is 16.5. The minimum atomic E-state index is -0.206. The average molecular weight is 401 g/mol. The van der Waals surface area contributed by atoms with Gasteiger partial charge in [-0.2, -0.15) is 0 Å². The molecular weight excluding hydrogens is 383 g/mol. The van der Waals surface area contributed by atoms with E-state index >= 15 is 0 Å². The molecule has 3 heterocycles. The summed E-state index contributed by atoms with van der Waals surface area (Å²) in [5.41, 5.74) is 3.82. The molecule has 0 aliphatic carbocycles. The van der Waals surface area contributed by atoms with Gasteiger partial charge in [-0.1, -0.05) is 11.6 Å². The predicted molar refractivity (Wildman–Crippen MR) is 110 cm³/mol. The largest absolute Gasteiger partial charge is 0.368 e. The van der Waals surface area contributed by atoms with E-state index in [-0.39, 0.29) is 5.82 Å². The predicted octanol–water partition coefficient (Wildman–Crippen LogP) is 5.68. The molecule has 0 saturated carbocycles. The maximum Gasteiger partial charge on any atom is 0.130 e. The van der Waals surface area contributed by atoms with Crippen molar-refractivity contribution in [3.8, 4) is 10.6 Å². The fraction of sp³-hybridized carbons (Fsp3) is 0.200. The van der Waals surface area contributed by atoms with E-state index in [0.29, 0.717) is 18.1 Å². The van der Waals surface area contributed by atoms with E-state index in [1.165, 1.54) is 0 Å². The van der Waals surface area contributed by atoms with Crippen LogP contribution in [0, 0.1) is 19.7 Å². The molecule has 3 aromatic heterocycles. The van der Waals surface area contributed by atoms with Crippen molar-refractivity contribution >= 4 is 39.7 Å². The summed E-state index contributed by atoms with van der Waals surface area (Å²) in [6.45, 7) is 5.36. The number of thiophene rings is 1. The Bertz CT molecular complexity index is 1120. The van der Waals surface area contributed by atoms with Gasteiger partial charge in [-0.15, -0.1) is 11.3 Å². The monoisotopic (exact) mass is 400 g/mol. The van der Waals surface area contributed by atoms with Gasteiger partial charge in [-0.25, -0.2) is 14.4 Å². The Kier molecular flexibility index (Phi) is 4.85. The van der Waals surface area contributed by atoms with Gasteiger partial charge in [0.1, 0.15) is 18.0 Å². The maximum absolute atomic E-state index is 13.8. The van der Waals surface area contributed by atoms with E-state index in [2.05, 4.69) is 25.9 Å². The molecule has 1 aromatic carbocycles. The van der Waals surface area contributed by atoms with Crippen molar-refractivity contribution in [2.75, 3.05) is 11.9 Å². The normalized spacial score (nSPS) is 11.3. The highest BCUT2D eigenvalue weighted by molar-refractivity contribution is 7.14. The lowest BCUT2D eigenvalue weighted by molar-refractivity contribution is 0.626. The van der Waals surface area contributed by atoms with Crippen LogP contribution in [0.4, 0.5) is 10.2 Å². The van der Waals surface area contributed by atoms with Crippen molar-refractivity contribution in [1.29, 1.82) is 0 Å². The summed E-state index contributed by atoms with van der Waals surface area (Å²) >= 11 is 7.55. The number of rotatable bonds is 5. The molecule has 7 heteroatoms. The molecule has 0 atom stereocenters. The first-order valence-corrected chi connectivity index (χ1v) is 9.83. The van der Waals surface area contributed by atoms with Gasteiger partial charge >= 0.3 is 0 Å². The topological polar surface area (TPSA) is 42.7 Å². The van der Waals surface area contributed by atoms with Crippen LogP contribution >= 0.6 is 22.9 Å². The summed E-state index contributed by atoms with van der Waals surface area (Å²) in [5, 5.41) is 7.01. The summed E-state index contributed by atoms with van der Waals surface area (Å²) in [4.78, 5) is 9.60. The number of anilines is 1.